The van der Waals surface area contributed by atoms with Crippen LogP contribution in [0, 0.1) is 17.3 Å². The minimum Gasteiger partial charge on any atom is -0.0628 e. The van der Waals surface area contributed by atoms with E-state index >= 15 is 0 Å². The van der Waals surface area contributed by atoms with Crippen molar-refractivity contribution in [3.05, 3.63) is 0 Å². The molecule has 0 N–H and O–H groups in total. The van der Waals surface area contributed by atoms with Crippen LogP contribution in [0.5, 0.6) is 0 Å². The van der Waals surface area contributed by atoms with Crippen LogP contribution in [-0.4, -0.2) is 0 Å². The first-order valence-corrected chi connectivity index (χ1v) is 13.0. The van der Waals surface area contributed by atoms with Crippen molar-refractivity contribution >= 4 is 0 Å². The molecule has 0 heterocycles. The van der Waals surface area contributed by atoms with E-state index in [-0.39, 0.29) is 0 Å². The van der Waals surface area contributed by atoms with E-state index in [9.17, 15) is 0 Å². The Morgan fingerprint density at radius 2 is 0.963 bits per heavy atom. The normalized spacial score (nSPS) is 22.1. The molecule has 0 aliphatic heterocycles. The van der Waals surface area contributed by atoms with Crippen LogP contribution in [0.2, 0.25) is 0 Å². The largest absolute Gasteiger partial charge is 0.0628 e. The van der Waals surface area contributed by atoms with Crippen molar-refractivity contribution in [2.45, 2.75) is 156 Å². The van der Waals surface area contributed by atoms with Gasteiger partial charge < -0.3 is 0 Å². The van der Waals surface area contributed by atoms with Crippen LogP contribution in [0.25, 0.3) is 0 Å². The maximum Gasteiger partial charge on any atom is -0.0326 e. The van der Waals surface area contributed by atoms with Crippen LogP contribution in [0.3, 0.4) is 0 Å². The Labute approximate surface area is 173 Å². The van der Waals surface area contributed by atoms with E-state index < -0.39 is 0 Å². The lowest BCUT2D eigenvalue weighted by atomic mass is 9.75. The van der Waals surface area contributed by atoms with Crippen LogP contribution in [-0.2, 0) is 0 Å². The summed E-state index contributed by atoms with van der Waals surface area (Å²) < 4.78 is 0. The molecular weight excluding hydrogens is 324 g/mol. The molecule has 162 valence electrons. The second-order valence-corrected chi connectivity index (χ2v) is 10.9. The lowest BCUT2D eigenvalue weighted by Gasteiger charge is -2.31. The van der Waals surface area contributed by atoms with Gasteiger partial charge in [0.05, 0.1) is 0 Å². The third kappa shape index (κ3) is 14.6. The van der Waals surface area contributed by atoms with E-state index in [0.29, 0.717) is 5.41 Å². The zero-order valence-corrected chi connectivity index (χ0v) is 19.8. The van der Waals surface area contributed by atoms with Gasteiger partial charge in [-0.15, -0.1) is 0 Å². The van der Waals surface area contributed by atoms with Gasteiger partial charge >= 0.3 is 0 Å². The Bertz CT molecular complexity index is 300. The molecule has 1 aliphatic rings. The van der Waals surface area contributed by atoms with Crippen molar-refractivity contribution in [1.82, 2.24) is 0 Å². The van der Waals surface area contributed by atoms with Gasteiger partial charge in [0.1, 0.15) is 0 Å². The quantitative estimate of drug-likeness (QED) is 0.394. The van der Waals surface area contributed by atoms with Crippen molar-refractivity contribution in [2.24, 2.45) is 17.3 Å². The molecule has 1 rings (SSSR count). The zero-order chi connectivity index (χ0) is 19.8. The maximum absolute atomic E-state index is 2.63. The lowest BCUT2D eigenvalue weighted by molar-refractivity contribution is 0.217. The average molecular weight is 379 g/mol. The van der Waals surface area contributed by atoms with Gasteiger partial charge in [0.2, 0.25) is 0 Å². The molecule has 1 fully saturated rings. The highest BCUT2D eigenvalue weighted by molar-refractivity contribution is 4.75. The fourth-order valence-electron chi connectivity index (χ4n) is 5.14. The van der Waals surface area contributed by atoms with E-state index in [1.807, 2.05) is 0 Å². The Balaban J connectivity index is 2.32. The van der Waals surface area contributed by atoms with E-state index in [2.05, 4.69) is 27.7 Å². The Morgan fingerprint density at radius 3 is 1.41 bits per heavy atom. The zero-order valence-electron chi connectivity index (χ0n) is 19.8. The van der Waals surface area contributed by atoms with E-state index in [0.717, 1.165) is 11.8 Å². The molecule has 0 bridgehead atoms. The summed E-state index contributed by atoms with van der Waals surface area (Å²) >= 11 is 0. The Kier molecular flexibility index (Phi) is 14.7. The van der Waals surface area contributed by atoms with Gasteiger partial charge in [-0.25, -0.2) is 0 Å². The highest BCUT2D eigenvalue weighted by Gasteiger charge is 2.23. The Hall–Kier alpha value is 0. The van der Waals surface area contributed by atoms with Crippen molar-refractivity contribution < 1.29 is 0 Å². The molecule has 1 atom stereocenters. The second-order valence-electron chi connectivity index (χ2n) is 10.9. The number of hydrogen-bond acceptors (Lipinski definition) is 0. The van der Waals surface area contributed by atoms with E-state index in [1.54, 1.807) is 0 Å². The molecule has 0 saturated heterocycles. The minimum absolute atomic E-state index is 0.637. The highest BCUT2D eigenvalue weighted by atomic mass is 14.3. The molecule has 0 nitrogen and oxygen atoms in total. The van der Waals surface area contributed by atoms with Crippen molar-refractivity contribution in [2.75, 3.05) is 0 Å². The topological polar surface area (TPSA) is 0 Å². The molecule has 0 aromatic carbocycles. The highest BCUT2D eigenvalue weighted by Crippen LogP contribution is 2.37. The summed E-state index contributed by atoms with van der Waals surface area (Å²) in [5.74, 6) is 1.82. The third-order valence-electron chi connectivity index (χ3n) is 7.27. The van der Waals surface area contributed by atoms with Gasteiger partial charge in [-0.2, -0.15) is 0 Å². The van der Waals surface area contributed by atoms with Gasteiger partial charge in [-0.1, -0.05) is 137 Å². The van der Waals surface area contributed by atoms with Crippen molar-refractivity contribution in [1.29, 1.82) is 0 Å². The fraction of sp³-hybridized carbons (Fsp3) is 1.00. The molecular formula is C27H54. The van der Waals surface area contributed by atoms with Crippen molar-refractivity contribution in [3.8, 4) is 0 Å². The summed E-state index contributed by atoms with van der Waals surface area (Å²) in [7, 11) is 0. The maximum atomic E-state index is 2.63. The standard InChI is InChI=1S/C27H54/c1-25(2)19-17-20-26(3)21-18-24-27(4)22-15-13-11-9-7-5-6-8-10-12-14-16-23-27/h25-26H,5-24H2,1-4H3. The summed E-state index contributed by atoms with van der Waals surface area (Å²) in [4.78, 5) is 0. The summed E-state index contributed by atoms with van der Waals surface area (Å²) in [5, 5.41) is 0. The molecule has 0 heteroatoms. The third-order valence-corrected chi connectivity index (χ3v) is 7.27. The first kappa shape index (κ1) is 25.0. The Morgan fingerprint density at radius 1 is 0.556 bits per heavy atom. The van der Waals surface area contributed by atoms with E-state index in [4.69, 9.17) is 0 Å². The SMILES string of the molecule is CC(C)CCCC(C)CCCC1(C)CCCCCCCCCCCCCC1. The molecule has 0 spiro atoms. The predicted molar refractivity (Wildman–Crippen MR) is 124 cm³/mol. The monoisotopic (exact) mass is 378 g/mol. The second kappa shape index (κ2) is 15.9. The van der Waals surface area contributed by atoms with Crippen LogP contribution in [0.1, 0.15) is 156 Å². The molecule has 0 aromatic heterocycles. The molecule has 0 radical (unpaired) electrons. The summed E-state index contributed by atoms with van der Waals surface area (Å²) in [6, 6.07) is 0. The molecule has 27 heavy (non-hydrogen) atoms. The molecule has 0 amide bonds. The number of rotatable bonds is 8. The van der Waals surface area contributed by atoms with Crippen LogP contribution in [0.4, 0.5) is 0 Å². The van der Waals surface area contributed by atoms with Gasteiger partial charge in [-0.3, -0.25) is 0 Å². The molecule has 1 unspecified atom stereocenters. The summed E-state index contributed by atoms with van der Waals surface area (Å²) in [6.45, 7) is 9.86. The smallest absolute Gasteiger partial charge is 0.0326 e. The van der Waals surface area contributed by atoms with Crippen LogP contribution < -0.4 is 0 Å². The average Bonchev–Trinajstić information content (AvgIpc) is 2.62. The van der Waals surface area contributed by atoms with Gasteiger partial charge in [0.15, 0.2) is 0 Å². The van der Waals surface area contributed by atoms with Gasteiger partial charge in [-0.05, 0) is 36.5 Å². The van der Waals surface area contributed by atoms with Gasteiger partial charge in [0, 0.05) is 0 Å². The summed E-state index contributed by atoms with van der Waals surface area (Å²) in [6.07, 6.45) is 29.6. The number of hydrogen-bond donors (Lipinski definition) is 0. The molecule has 1 aliphatic carbocycles. The predicted octanol–water partition coefficient (Wildman–Crippen LogP) is 10.1. The molecule has 0 aromatic rings. The van der Waals surface area contributed by atoms with Crippen LogP contribution in [0.15, 0.2) is 0 Å². The van der Waals surface area contributed by atoms with Crippen molar-refractivity contribution in [3.63, 3.8) is 0 Å². The fourth-order valence-corrected chi connectivity index (χ4v) is 5.14. The van der Waals surface area contributed by atoms with Crippen LogP contribution >= 0.6 is 0 Å². The first-order valence-electron chi connectivity index (χ1n) is 13.0. The summed E-state index contributed by atoms with van der Waals surface area (Å²) in [5.41, 5.74) is 0.637. The van der Waals surface area contributed by atoms with E-state index in [1.165, 1.54) is 128 Å². The molecule has 1 saturated carbocycles. The lowest BCUT2D eigenvalue weighted by Crippen LogP contribution is -2.17. The van der Waals surface area contributed by atoms with Gasteiger partial charge in [0.25, 0.3) is 0 Å². The minimum atomic E-state index is 0.637. The first-order chi connectivity index (χ1) is 13.0.